The number of esters is 1. The zero-order valence-electron chi connectivity index (χ0n) is 9.19. The SMILES string of the molecule is CC1(C)CC1C(=O)OCc1ccccc1. The number of benzene rings is 1. The lowest BCUT2D eigenvalue weighted by molar-refractivity contribution is -0.147. The normalized spacial score (nSPS) is 22.1. The first-order valence-electron chi connectivity index (χ1n) is 5.30. The lowest BCUT2D eigenvalue weighted by atomic mass is 10.1. The van der Waals surface area contributed by atoms with E-state index in [-0.39, 0.29) is 17.3 Å². The zero-order valence-corrected chi connectivity index (χ0v) is 9.19. The van der Waals surface area contributed by atoms with Crippen LogP contribution in [0.5, 0.6) is 0 Å². The van der Waals surface area contributed by atoms with Crippen molar-refractivity contribution in [2.75, 3.05) is 0 Å². The molecule has 0 amide bonds. The van der Waals surface area contributed by atoms with Crippen molar-refractivity contribution in [1.82, 2.24) is 0 Å². The lowest BCUT2D eigenvalue weighted by Crippen LogP contribution is -2.10. The van der Waals surface area contributed by atoms with E-state index in [1.807, 2.05) is 30.3 Å². The van der Waals surface area contributed by atoms with Gasteiger partial charge in [0.1, 0.15) is 6.61 Å². The van der Waals surface area contributed by atoms with Gasteiger partial charge in [0.25, 0.3) is 0 Å². The predicted molar refractivity (Wildman–Crippen MR) is 58.1 cm³/mol. The summed E-state index contributed by atoms with van der Waals surface area (Å²) in [7, 11) is 0. The maximum atomic E-state index is 11.6. The Hall–Kier alpha value is -1.31. The third kappa shape index (κ3) is 2.38. The second-order valence-corrected chi connectivity index (χ2v) is 4.84. The van der Waals surface area contributed by atoms with Gasteiger partial charge in [0.05, 0.1) is 5.92 Å². The van der Waals surface area contributed by atoms with Crippen molar-refractivity contribution in [3.8, 4) is 0 Å². The molecule has 80 valence electrons. The zero-order chi connectivity index (χ0) is 10.9. The summed E-state index contributed by atoms with van der Waals surface area (Å²) in [6.07, 6.45) is 0.959. The summed E-state index contributed by atoms with van der Waals surface area (Å²) in [5, 5.41) is 0. The number of carbonyl (C=O) groups is 1. The van der Waals surface area contributed by atoms with Crippen LogP contribution in [0.4, 0.5) is 0 Å². The van der Waals surface area contributed by atoms with Crippen molar-refractivity contribution in [1.29, 1.82) is 0 Å². The first-order chi connectivity index (χ1) is 7.09. The van der Waals surface area contributed by atoms with E-state index in [4.69, 9.17) is 4.74 Å². The van der Waals surface area contributed by atoms with Crippen LogP contribution in [0.15, 0.2) is 30.3 Å². The molecule has 1 aromatic carbocycles. The molecule has 0 aromatic heterocycles. The Kier molecular flexibility index (Phi) is 2.51. The van der Waals surface area contributed by atoms with Gasteiger partial charge in [-0.2, -0.15) is 0 Å². The molecule has 0 heterocycles. The second-order valence-electron chi connectivity index (χ2n) is 4.84. The van der Waals surface area contributed by atoms with Crippen LogP contribution in [-0.2, 0) is 16.1 Å². The molecule has 2 nitrogen and oxygen atoms in total. The molecule has 0 bridgehead atoms. The number of rotatable bonds is 3. The highest BCUT2D eigenvalue weighted by Crippen LogP contribution is 2.52. The standard InChI is InChI=1S/C13H16O2/c1-13(2)8-11(13)12(14)15-9-10-6-4-3-5-7-10/h3-7,11H,8-9H2,1-2H3. The summed E-state index contributed by atoms with van der Waals surface area (Å²) in [5.41, 5.74) is 1.21. The van der Waals surface area contributed by atoms with Crippen LogP contribution in [0.1, 0.15) is 25.8 Å². The molecule has 1 fully saturated rings. The first kappa shape index (κ1) is 10.2. The maximum absolute atomic E-state index is 11.6. The fraction of sp³-hybridized carbons (Fsp3) is 0.462. The molecule has 15 heavy (non-hydrogen) atoms. The monoisotopic (exact) mass is 204 g/mol. The summed E-state index contributed by atoms with van der Waals surface area (Å²) >= 11 is 0. The fourth-order valence-corrected chi connectivity index (χ4v) is 1.70. The Balaban J connectivity index is 1.82. The van der Waals surface area contributed by atoms with Gasteiger partial charge >= 0.3 is 5.97 Å². The highest BCUT2D eigenvalue weighted by Gasteiger charge is 2.51. The van der Waals surface area contributed by atoms with Gasteiger partial charge in [-0.15, -0.1) is 0 Å². The maximum Gasteiger partial charge on any atom is 0.309 e. The van der Waals surface area contributed by atoms with Gasteiger partial charge in [-0.05, 0) is 17.4 Å². The van der Waals surface area contributed by atoms with Crippen LogP contribution < -0.4 is 0 Å². The molecule has 1 aliphatic carbocycles. The molecule has 2 rings (SSSR count). The molecular formula is C13H16O2. The van der Waals surface area contributed by atoms with Gasteiger partial charge in [0.2, 0.25) is 0 Å². The molecule has 1 saturated carbocycles. The largest absolute Gasteiger partial charge is 0.461 e. The fourth-order valence-electron chi connectivity index (χ4n) is 1.70. The van der Waals surface area contributed by atoms with E-state index in [1.54, 1.807) is 0 Å². The van der Waals surface area contributed by atoms with Crippen molar-refractivity contribution in [2.24, 2.45) is 11.3 Å². The highest BCUT2D eigenvalue weighted by atomic mass is 16.5. The van der Waals surface area contributed by atoms with Crippen molar-refractivity contribution >= 4 is 5.97 Å². The Bertz CT molecular complexity index is 354. The molecule has 0 radical (unpaired) electrons. The van der Waals surface area contributed by atoms with Crippen LogP contribution in [0.3, 0.4) is 0 Å². The Morgan fingerprint density at radius 3 is 2.53 bits per heavy atom. The summed E-state index contributed by atoms with van der Waals surface area (Å²) in [6, 6.07) is 9.78. The molecule has 0 aliphatic heterocycles. The van der Waals surface area contributed by atoms with Crippen LogP contribution in [-0.4, -0.2) is 5.97 Å². The van der Waals surface area contributed by atoms with E-state index in [2.05, 4.69) is 13.8 Å². The predicted octanol–water partition coefficient (Wildman–Crippen LogP) is 2.78. The average Bonchev–Trinajstić information content (AvgIpc) is 2.86. The lowest BCUT2D eigenvalue weighted by Gasteiger charge is -2.05. The molecule has 0 N–H and O–H groups in total. The van der Waals surface area contributed by atoms with E-state index in [9.17, 15) is 4.79 Å². The van der Waals surface area contributed by atoms with Crippen molar-refractivity contribution in [3.63, 3.8) is 0 Å². The molecule has 1 aromatic rings. The summed E-state index contributed by atoms with van der Waals surface area (Å²) < 4.78 is 5.25. The minimum absolute atomic E-state index is 0.0520. The molecule has 0 spiro atoms. The third-order valence-corrected chi connectivity index (χ3v) is 3.02. The first-order valence-corrected chi connectivity index (χ1v) is 5.30. The van der Waals surface area contributed by atoms with Gasteiger partial charge in [-0.25, -0.2) is 0 Å². The summed E-state index contributed by atoms with van der Waals surface area (Å²) in [5.74, 6) is 0.0602. The Morgan fingerprint density at radius 1 is 1.40 bits per heavy atom. The molecular weight excluding hydrogens is 188 g/mol. The van der Waals surface area contributed by atoms with Crippen LogP contribution in [0.25, 0.3) is 0 Å². The van der Waals surface area contributed by atoms with Crippen LogP contribution >= 0.6 is 0 Å². The Labute approximate surface area is 90.3 Å². The van der Waals surface area contributed by atoms with Crippen molar-refractivity contribution in [3.05, 3.63) is 35.9 Å². The van der Waals surface area contributed by atoms with E-state index in [1.165, 1.54) is 0 Å². The number of hydrogen-bond acceptors (Lipinski definition) is 2. The van der Waals surface area contributed by atoms with Gasteiger partial charge in [0, 0.05) is 0 Å². The van der Waals surface area contributed by atoms with Gasteiger partial charge in [-0.1, -0.05) is 44.2 Å². The van der Waals surface area contributed by atoms with Crippen LogP contribution in [0, 0.1) is 11.3 Å². The van der Waals surface area contributed by atoms with Gasteiger partial charge in [0.15, 0.2) is 0 Å². The van der Waals surface area contributed by atoms with E-state index < -0.39 is 0 Å². The van der Waals surface area contributed by atoms with E-state index >= 15 is 0 Å². The smallest absolute Gasteiger partial charge is 0.309 e. The minimum atomic E-state index is -0.0520. The average molecular weight is 204 g/mol. The van der Waals surface area contributed by atoms with Crippen molar-refractivity contribution in [2.45, 2.75) is 26.9 Å². The van der Waals surface area contributed by atoms with E-state index in [0.29, 0.717) is 6.61 Å². The van der Waals surface area contributed by atoms with Gasteiger partial charge < -0.3 is 4.74 Å². The minimum Gasteiger partial charge on any atom is -0.461 e. The summed E-state index contributed by atoms with van der Waals surface area (Å²) in [4.78, 5) is 11.6. The molecule has 0 saturated heterocycles. The number of ether oxygens (including phenoxy) is 1. The topological polar surface area (TPSA) is 26.3 Å². The third-order valence-electron chi connectivity index (χ3n) is 3.02. The van der Waals surface area contributed by atoms with Gasteiger partial charge in [-0.3, -0.25) is 4.79 Å². The molecule has 1 aliphatic rings. The highest BCUT2D eigenvalue weighted by molar-refractivity contribution is 5.76. The molecule has 1 unspecified atom stereocenters. The number of hydrogen-bond donors (Lipinski definition) is 0. The second kappa shape index (κ2) is 3.69. The van der Waals surface area contributed by atoms with Crippen molar-refractivity contribution < 1.29 is 9.53 Å². The van der Waals surface area contributed by atoms with Crippen LogP contribution in [0.2, 0.25) is 0 Å². The molecule has 1 atom stereocenters. The molecule has 2 heteroatoms. The quantitative estimate of drug-likeness (QED) is 0.708. The Morgan fingerprint density at radius 2 is 2.00 bits per heavy atom. The number of carbonyl (C=O) groups excluding carboxylic acids is 1. The van der Waals surface area contributed by atoms with E-state index in [0.717, 1.165) is 12.0 Å². The summed E-state index contributed by atoms with van der Waals surface area (Å²) in [6.45, 7) is 4.59.